The number of benzene rings is 1. The standard InChI is InChI=1S/C14H19F2NO/c1-18-13-7-3-6-12(13)17-9-10-4-2-5-11(8-10)14(15)16/h2,4-5,8,12-14,17H,3,6-7,9H2,1H3. The van der Waals surface area contributed by atoms with Crippen LogP contribution in [0.5, 0.6) is 0 Å². The van der Waals surface area contributed by atoms with E-state index in [9.17, 15) is 8.78 Å². The van der Waals surface area contributed by atoms with Crippen molar-refractivity contribution in [3.63, 3.8) is 0 Å². The molecule has 1 aromatic rings. The molecule has 0 amide bonds. The molecule has 2 nitrogen and oxygen atoms in total. The number of ether oxygens (including phenoxy) is 1. The highest BCUT2D eigenvalue weighted by Crippen LogP contribution is 2.23. The third-order valence-corrected chi connectivity index (χ3v) is 3.53. The summed E-state index contributed by atoms with van der Waals surface area (Å²) in [6, 6.07) is 6.91. The Hall–Kier alpha value is -1.00. The van der Waals surface area contributed by atoms with Gasteiger partial charge in [-0.15, -0.1) is 0 Å². The van der Waals surface area contributed by atoms with E-state index in [1.54, 1.807) is 19.2 Å². The van der Waals surface area contributed by atoms with Crippen LogP contribution in [-0.2, 0) is 11.3 Å². The first-order chi connectivity index (χ1) is 8.70. The Labute approximate surface area is 106 Å². The van der Waals surface area contributed by atoms with Gasteiger partial charge in [-0.1, -0.05) is 18.2 Å². The molecule has 0 aliphatic heterocycles. The quantitative estimate of drug-likeness (QED) is 0.871. The van der Waals surface area contributed by atoms with Crippen LogP contribution in [0.2, 0.25) is 0 Å². The van der Waals surface area contributed by atoms with Gasteiger partial charge in [0.05, 0.1) is 6.10 Å². The fourth-order valence-corrected chi connectivity index (χ4v) is 2.53. The van der Waals surface area contributed by atoms with E-state index in [1.807, 2.05) is 6.07 Å². The summed E-state index contributed by atoms with van der Waals surface area (Å²) in [7, 11) is 1.72. The van der Waals surface area contributed by atoms with E-state index in [0.717, 1.165) is 24.8 Å². The van der Waals surface area contributed by atoms with E-state index in [4.69, 9.17) is 4.74 Å². The molecule has 0 bridgehead atoms. The highest BCUT2D eigenvalue weighted by atomic mass is 19.3. The van der Waals surface area contributed by atoms with Gasteiger partial charge in [0.15, 0.2) is 0 Å². The Bertz CT molecular complexity index is 384. The minimum atomic E-state index is -2.40. The fraction of sp³-hybridized carbons (Fsp3) is 0.571. The number of halogens is 2. The third-order valence-electron chi connectivity index (χ3n) is 3.53. The van der Waals surface area contributed by atoms with E-state index in [1.165, 1.54) is 6.07 Å². The molecule has 0 aromatic heterocycles. The molecule has 1 saturated carbocycles. The molecule has 2 atom stereocenters. The lowest BCUT2D eigenvalue weighted by molar-refractivity contribution is 0.0847. The van der Waals surface area contributed by atoms with E-state index < -0.39 is 6.43 Å². The smallest absolute Gasteiger partial charge is 0.263 e. The highest BCUT2D eigenvalue weighted by molar-refractivity contribution is 5.24. The predicted octanol–water partition coefficient (Wildman–Crippen LogP) is 3.28. The van der Waals surface area contributed by atoms with Gasteiger partial charge in [-0.25, -0.2) is 8.78 Å². The molecule has 4 heteroatoms. The first-order valence-electron chi connectivity index (χ1n) is 6.34. The van der Waals surface area contributed by atoms with Crippen molar-refractivity contribution in [1.29, 1.82) is 0 Å². The molecular weight excluding hydrogens is 236 g/mol. The molecule has 0 radical (unpaired) electrons. The average Bonchev–Trinajstić information content (AvgIpc) is 2.84. The lowest BCUT2D eigenvalue weighted by Gasteiger charge is -2.19. The molecule has 1 N–H and O–H groups in total. The van der Waals surface area contributed by atoms with Crippen molar-refractivity contribution < 1.29 is 13.5 Å². The number of hydrogen-bond donors (Lipinski definition) is 1. The van der Waals surface area contributed by atoms with E-state index >= 15 is 0 Å². The first kappa shape index (κ1) is 13.4. The van der Waals surface area contributed by atoms with Crippen molar-refractivity contribution in [2.24, 2.45) is 0 Å². The van der Waals surface area contributed by atoms with Gasteiger partial charge in [0.1, 0.15) is 0 Å². The summed E-state index contributed by atoms with van der Waals surface area (Å²) in [5, 5.41) is 3.40. The number of methoxy groups -OCH3 is 1. The van der Waals surface area contributed by atoms with Crippen LogP contribution in [0.3, 0.4) is 0 Å². The van der Waals surface area contributed by atoms with Gasteiger partial charge in [0.25, 0.3) is 6.43 Å². The van der Waals surface area contributed by atoms with Crippen molar-refractivity contribution in [3.05, 3.63) is 35.4 Å². The molecule has 1 aliphatic carbocycles. The molecule has 0 saturated heterocycles. The maximum absolute atomic E-state index is 12.6. The maximum atomic E-state index is 12.6. The van der Waals surface area contributed by atoms with Gasteiger partial charge >= 0.3 is 0 Å². The third kappa shape index (κ3) is 3.27. The molecule has 18 heavy (non-hydrogen) atoms. The van der Waals surface area contributed by atoms with Crippen LogP contribution in [0.1, 0.15) is 36.8 Å². The summed E-state index contributed by atoms with van der Waals surface area (Å²) in [5.74, 6) is 0. The topological polar surface area (TPSA) is 21.3 Å². The largest absolute Gasteiger partial charge is 0.380 e. The number of nitrogens with one attached hydrogen (secondary N) is 1. The van der Waals surface area contributed by atoms with Crippen LogP contribution in [0.25, 0.3) is 0 Å². The molecule has 1 fully saturated rings. The average molecular weight is 255 g/mol. The van der Waals surface area contributed by atoms with E-state index in [-0.39, 0.29) is 11.7 Å². The predicted molar refractivity (Wildman–Crippen MR) is 66.7 cm³/mol. The van der Waals surface area contributed by atoms with Crippen molar-refractivity contribution in [2.75, 3.05) is 7.11 Å². The van der Waals surface area contributed by atoms with Gasteiger partial charge in [0, 0.05) is 25.3 Å². The van der Waals surface area contributed by atoms with Gasteiger partial charge in [-0.2, -0.15) is 0 Å². The van der Waals surface area contributed by atoms with Crippen LogP contribution < -0.4 is 5.32 Å². The lowest BCUT2D eigenvalue weighted by Crippen LogP contribution is -2.36. The molecule has 1 aromatic carbocycles. The fourth-order valence-electron chi connectivity index (χ4n) is 2.53. The normalized spacial score (nSPS) is 23.8. The zero-order valence-electron chi connectivity index (χ0n) is 10.5. The number of alkyl halides is 2. The molecule has 2 unspecified atom stereocenters. The molecule has 0 heterocycles. The van der Waals surface area contributed by atoms with Crippen molar-refractivity contribution in [2.45, 2.75) is 44.4 Å². The van der Waals surface area contributed by atoms with Crippen molar-refractivity contribution in [1.82, 2.24) is 5.32 Å². The Morgan fingerprint density at radius 1 is 1.39 bits per heavy atom. The van der Waals surface area contributed by atoms with Crippen molar-refractivity contribution in [3.8, 4) is 0 Å². The Morgan fingerprint density at radius 3 is 2.94 bits per heavy atom. The monoisotopic (exact) mass is 255 g/mol. The second kappa shape index (κ2) is 6.25. The van der Waals surface area contributed by atoms with E-state index in [0.29, 0.717) is 12.6 Å². The summed E-state index contributed by atoms with van der Waals surface area (Å²) in [6.07, 6.45) is 1.18. The van der Waals surface area contributed by atoms with E-state index in [2.05, 4.69) is 5.32 Å². The Balaban J connectivity index is 1.91. The van der Waals surface area contributed by atoms with Gasteiger partial charge < -0.3 is 10.1 Å². The summed E-state index contributed by atoms with van der Waals surface area (Å²) in [4.78, 5) is 0. The summed E-state index contributed by atoms with van der Waals surface area (Å²) in [5.41, 5.74) is 0.985. The SMILES string of the molecule is COC1CCCC1NCc1cccc(C(F)F)c1. The van der Waals surface area contributed by atoms with Gasteiger partial charge in [-0.3, -0.25) is 0 Å². The number of rotatable bonds is 5. The zero-order chi connectivity index (χ0) is 13.0. The van der Waals surface area contributed by atoms with Crippen LogP contribution in [0.4, 0.5) is 8.78 Å². The minimum Gasteiger partial charge on any atom is -0.380 e. The van der Waals surface area contributed by atoms with Crippen LogP contribution in [0, 0.1) is 0 Å². The second-order valence-corrected chi connectivity index (χ2v) is 4.74. The maximum Gasteiger partial charge on any atom is 0.263 e. The molecule has 100 valence electrons. The second-order valence-electron chi connectivity index (χ2n) is 4.74. The van der Waals surface area contributed by atoms with Gasteiger partial charge in [0.2, 0.25) is 0 Å². The van der Waals surface area contributed by atoms with Crippen LogP contribution >= 0.6 is 0 Å². The summed E-state index contributed by atoms with van der Waals surface area (Å²) < 4.78 is 30.5. The lowest BCUT2D eigenvalue weighted by atomic mass is 10.1. The van der Waals surface area contributed by atoms with Crippen LogP contribution in [0.15, 0.2) is 24.3 Å². The first-order valence-corrected chi connectivity index (χ1v) is 6.34. The molecule has 0 spiro atoms. The molecule has 1 aliphatic rings. The summed E-state index contributed by atoms with van der Waals surface area (Å²) >= 11 is 0. The van der Waals surface area contributed by atoms with Crippen LogP contribution in [-0.4, -0.2) is 19.3 Å². The number of hydrogen-bond acceptors (Lipinski definition) is 2. The van der Waals surface area contributed by atoms with Crippen molar-refractivity contribution >= 4 is 0 Å². The molecular formula is C14H19F2NO. The highest BCUT2D eigenvalue weighted by Gasteiger charge is 2.26. The Morgan fingerprint density at radius 2 is 2.22 bits per heavy atom. The summed E-state index contributed by atoms with van der Waals surface area (Å²) in [6.45, 7) is 0.616. The molecule has 2 rings (SSSR count). The van der Waals surface area contributed by atoms with Gasteiger partial charge in [-0.05, 0) is 30.9 Å². The Kier molecular flexibility index (Phi) is 4.66. The minimum absolute atomic E-state index is 0.0870. The zero-order valence-corrected chi connectivity index (χ0v) is 10.5.